The van der Waals surface area contributed by atoms with Gasteiger partial charge in [0.05, 0.1) is 39.9 Å². The Bertz CT molecular complexity index is 1460. The largest absolute Gasteiger partial charge is 0.756 e. The molecule has 0 aromatic rings. The van der Waals surface area contributed by atoms with Crippen LogP contribution in [0.5, 0.6) is 0 Å². The van der Waals surface area contributed by atoms with Crippen molar-refractivity contribution in [1.29, 1.82) is 0 Å². The highest BCUT2D eigenvalue weighted by atomic mass is 31.2. The monoisotopic (exact) mass is 997 g/mol. The Kier molecular flexibility index (Phi) is 49.4. The van der Waals surface area contributed by atoms with Gasteiger partial charge in [-0.15, -0.1) is 0 Å². The number of carbonyl (C=O) groups is 1. The van der Waals surface area contributed by atoms with Gasteiger partial charge >= 0.3 is 0 Å². The second-order valence-electron chi connectivity index (χ2n) is 20.3. The summed E-state index contributed by atoms with van der Waals surface area (Å²) in [6, 6.07) is -0.925. The van der Waals surface area contributed by atoms with Gasteiger partial charge in [-0.05, 0) is 70.6 Å². The molecule has 0 rings (SSSR count). The van der Waals surface area contributed by atoms with Crippen LogP contribution in [0.2, 0.25) is 0 Å². The van der Waals surface area contributed by atoms with E-state index in [9.17, 15) is 19.4 Å². The minimum Gasteiger partial charge on any atom is -0.756 e. The summed E-state index contributed by atoms with van der Waals surface area (Å²) in [6.07, 6.45) is 73.5. The van der Waals surface area contributed by atoms with E-state index in [0.29, 0.717) is 17.4 Å². The van der Waals surface area contributed by atoms with Crippen molar-refractivity contribution in [2.75, 3.05) is 40.9 Å². The molecule has 0 aliphatic carbocycles. The summed E-state index contributed by atoms with van der Waals surface area (Å²) in [5.74, 6) is -0.257. The van der Waals surface area contributed by atoms with Crippen molar-refractivity contribution < 1.29 is 32.9 Å². The number of aliphatic hydroxyl groups excluding tert-OH is 1. The molecule has 1 amide bonds. The third-order valence-corrected chi connectivity index (χ3v) is 13.3. The molecule has 0 spiro atoms. The van der Waals surface area contributed by atoms with Gasteiger partial charge in [0, 0.05) is 6.42 Å². The van der Waals surface area contributed by atoms with Gasteiger partial charge in [0.1, 0.15) is 13.2 Å². The van der Waals surface area contributed by atoms with Crippen LogP contribution in [0.25, 0.3) is 0 Å². The molecule has 0 saturated carbocycles. The molecule has 0 fully saturated rings. The number of rotatable bonds is 51. The fraction of sp³-hybridized carbons (Fsp3) is 0.721. The van der Waals surface area contributed by atoms with Crippen molar-refractivity contribution in [3.05, 3.63) is 97.2 Å². The molecule has 8 nitrogen and oxygen atoms in total. The summed E-state index contributed by atoms with van der Waals surface area (Å²) in [6.45, 7) is 4.50. The molecular weight excluding hydrogens is 888 g/mol. The lowest BCUT2D eigenvalue weighted by Crippen LogP contribution is -2.45. The van der Waals surface area contributed by atoms with E-state index in [1.165, 1.54) is 135 Å². The quantitative estimate of drug-likeness (QED) is 0.0272. The normalized spacial score (nSPS) is 14.7. The number of hydrogen-bond donors (Lipinski definition) is 2. The zero-order chi connectivity index (χ0) is 51.3. The van der Waals surface area contributed by atoms with Crippen LogP contribution in [-0.4, -0.2) is 68.5 Å². The van der Waals surface area contributed by atoms with Crippen LogP contribution in [0.15, 0.2) is 97.2 Å². The average Bonchev–Trinajstić information content (AvgIpc) is 3.32. The number of unbranched alkanes of at least 4 members (excludes halogenated alkanes) is 24. The number of hydrogen-bond acceptors (Lipinski definition) is 6. The molecule has 0 aliphatic heterocycles. The number of aliphatic hydroxyl groups is 1. The highest BCUT2D eigenvalue weighted by Crippen LogP contribution is 2.38. The smallest absolute Gasteiger partial charge is 0.268 e. The minimum absolute atomic E-state index is 0.0169. The third-order valence-electron chi connectivity index (χ3n) is 12.3. The molecule has 0 aromatic carbocycles. The summed E-state index contributed by atoms with van der Waals surface area (Å²) < 4.78 is 23.3. The molecule has 0 radical (unpaired) electrons. The summed E-state index contributed by atoms with van der Waals surface area (Å²) in [7, 11) is 1.21. The Morgan fingerprint density at radius 1 is 0.514 bits per heavy atom. The first-order valence-corrected chi connectivity index (χ1v) is 30.1. The fourth-order valence-corrected chi connectivity index (χ4v) is 8.57. The summed E-state index contributed by atoms with van der Waals surface area (Å²) in [4.78, 5) is 25.5. The topological polar surface area (TPSA) is 108 Å². The van der Waals surface area contributed by atoms with Gasteiger partial charge in [0.25, 0.3) is 7.82 Å². The van der Waals surface area contributed by atoms with Crippen molar-refractivity contribution in [3.63, 3.8) is 0 Å². The second-order valence-corrected chi connectivity index (χ2v) is 21.7. The number of likely N-dealkylation sites (N-methyl/N-ethyl adjacent to an activating group) is 1. The number of phosphoric acid groups is 1. The lowest BCUT2D eigenvalue weighted by atomic mass is 10.0. The van der Waals surface area contributed by atoms with E-state index in [0.717, 1.165) is 70.6 Å². The van der Waals surface area contributed by atoms with Crippen LogP contribution in [0.4, 0.5) is 0 Å². The molecule has 2 N–H and O–H groups in total. The second kappa shape index (κ2) is 51.3. The lowest BCUT2D eigenvalue weighted by Gasteiger charge is -2.29. The van der Waals surface area contributed by atoms with Crippen LogP contribution in [0, 0.1) is 0 Å². The van der Waals surface area contributed by atoms with E-state index in [1.54, 1.807) is 6.08 Å². The van der Waals surface area contributed by atoms with Crippen molar-refractivity contribution in [2.24, 2.45) is 0 Å². The van der Waals surface area contributed by atoms with Crippen LogP contribution in [-0.2, 0) is 18.4 Å². The fourth-order valence-electron chi connectivity index (χ4n) is 7.85. The van der Waals surface area contributed by atoms with Crippen molar-refractivity contribution in [2.45, 2.75) is 244 Å². The van der Waals surface area contributed by atoms with Crippen molar-refractivity contribution >= 4 is 13.7 Å². The molecule has 0 aromatic heterocycles. The van der Waals surface area contributed by atoms with E-state index in [2.05, 4.69) is 104 Å². The summed E-state index contributed by atoms with van der Waals surface area (Å²) >= 11 is 0. The zero-order valence-corrected chi connectivity index (χ0v) is 46.8. The summed E-state index contributed by atoms with van der Waals surface area (Å²) in [5, 5.41) is 13.8. The number of nitrogens with zero attached hydrogens (tertiary/aromatic N) is 1. The SMILES string of the molecule is CC/C=C\C/C=C\C/C=C\C/C=C\C/C=C\C/C=C\C/C=C\CCCC(=O)NC(COP(=O)([O-])OCC[N+](C)(C)C)C(O)/C=C/CCCCCCCCCCCCCCCCCCCCCCCCC. The van der Waals surface area contributed by atoms with Gasteiger partial charge in [-0.1, -0.05) is 252 Å². The maximum absolute atomic E-state index is 12.9. The highest BCUT2D eigenvalue weighted by Gasteiger charge is 2.23. The first-order valence-electron chi connectivity index (χ1n) is 28.6. The maximum Gasteiger partial charge on any atom is 0.268 e. The Hall–Kier alpha value is -2.58. The molecule has 0 aliphatic rings. The number of phosphoric ester groups is 1. The predicted octanol–water partition coefficient (Wildman–Crippen LogP) is 16.8. The van der Waals surface area contributed by atoms with E-state index in [-0.39, 0.29) is 18.9 Å². The Morgan fingerprint density at radius 2 is 0.871 bits per heavy atom. The maximum atomic E-state index is 12.9. The number of nitrogens with one attached hydrogen (secondary N) is 1. The highest BCUT2D eigenvalue weighted by molar-refractivity contribution is 7.45. The van der Waals surface area contributed by atoms with E-state index >= 15 is 0 Å². The third kappa shape index (κ3) is 53.2. The molecule has 0 bridgehead atoms. The Morgan fingerprint density at radius 3 is 1.26 bits per heavy atom. The zero-order valence-electron chi connectivity index (χ0n) is 45.9. The molecule has 0 heterocycles. The molecule has 3 unspecified atom stereocenters. The lowest BCUT2D eigenvalue weighted by molar-refractivity contribution is -0.870. The number of amides is 1. The molecular formula is C61H109N2O6P. The molecule has 404 valence electrons. The summed E-state index contributed by atoms with van der Waals surface area (Å²) in [5.41, 5.74) is 0. The van der Waals surface area contributed by atoms with Gasteiger partial charge in [-0.25, -0.2) is 0 Å². The van der Waals surface area contributed by atoms with Gasteiger partial charge in [-0.2, -0.15) is 0 Å². The van der Waals surface area contributed by atoms with E-state index in [1.807, 2.05) is 27.2 Å². The van der Waals surface area contributed by atoms with Crippen molar-refractivity contribution in [3.8, 4) is 0 Å². The predicted molar refractivity (Wildman–Crippen MR) is 302 cm³/mol. The number of carbonyl (C=O) groups excluding carboxylic acids is 1. The van der Waals surface area contributed by atoms with Crippen molar-refractivity contribution in [1.82, 2.24) is 5.32 Å². The van der Waals surface area contributed by atoms with Crippen LogP contribution in [0.3, 0.4) is 0 Å². The van der Waals surface area contributed by atoms with E-state index < -0.39 is 26.6 Å². The molecule has 0 saturated heterocycles. The molecule has 70 heavy (non-hydrogen) atoms. The standard InChI is InChI=1S/C61H109N2O6P/c1-6-8-10-12-14-16-18-20-22-24-26-28-30-31-33-34-36-38-40-42-44-46-48-50-52-54-60(64)59(58-69-70(66,67)68-57-56-63(3,4)5)62-61(65)55-53-51-49-47-45-43-41-39-37-35-32-29-27-25-23-21-19-17-15-13-11-9-7-2/h9,11,15,17,21,23,27,29,35,37,41,43,47,49,52,54,59-60,64H,6-8,10,12-14,16,18-20,22,24-26,28,30-34,36,38-40,42,44-46,48,50-51,53,55-58H2,1-5H3,(H-,62,65,66,67)/b11-9-,17-15-,23-21-,29-27-,37-35-,43-41-,49-47-,54-52+. The Labute approximate surface area is 432 Å². The van der Waals surface area contributed by atoms with Gasteiger partial charge in [0.2, 0.25) is 5.91 Å². The van der Waals surface area contributed by atoms with Crippen LogP contribution >= 0.6 is 7.82 Å². The van der Waals surface area contributed by atoms with Crippen LogP contribution < -0.4 is 10.2 Å². The average molecular weight is 998 g/mol. The van der Waals surface area contributed by atoms with Gasteiger partial charge in [0.15, 0.2) is 0 Å². The minimum atomic E-state index is -4.62. The first kappa shape index (κ1) is 67.4. The number of allylic oxidation sites excluding steroid dienone is 15. The van der Waals surface area contributed by atoms with Gasteiger partial charge < -0.3 is 28.8 Å². The van der Waals surface area contributed by atoms with Gasteiger partial charge in [-0.3, -0.25) is 9.36 Å². The number of quaternary nitrogens is 1. The van der Waals surface area contributed by atoms with E-state index in [4.69, 9.17) is 9.05 Å². The Balaban J connectivity index is 4.35. The van der Waals surface area contributed by atoms with Crippen LogP contribution in [0.1, 0.15) is 232 Å². The molecule has 9 heteroatoms. The molecule has 3 atom stereocenters. The first-order chi connectivity index (χ1) is 34.0.